The summed E-state index contributed by atoms with van der Waals surface area (Å²) in [6.45, 7) is 1.44. The minimum atomic E-state index is -0.571. The zero-order valence-corrected chi connectivity index (χ0v) is 13.6. The van der Waals surface area contributed by atoms with Gasteiger partial charge in [-0.3, -0.25) is 13.9 Å². The standard InChI is InChI=1S/C17H18N4O3/c1-19-15(13(10-18)16(22)20(2)17(19)23)21-8-9-24-14(11-21)12-6-4-3-5-7-12/h3-7,14H,8-9,11H2,1-2H3/t14-/m1/s1. The highest BCUT2D eigenvalue weighted by molar-refractivity contribution is 5.54. The Morgan fingerprint density at radius 1 is 1.17 bits per heavy atom. The number of morpholine rings is 1. The van der Waals surface area contributed by atoms with Crippen molar-refractivity contribution in [3.8, 4) is 6.07 Å². The van der Waals surface area contributed by atoms with Crippen LogP contribution in [0.2, 0.25) is 0 Å². The Labute approximate surface area is 138 Å². The highest BCUT2D eigenvalue weighted by atomic mass is 16.5. The number of benzene rings is 1. The van der Waals surface area contributed by atoms with Crippen LogP contribution in [-0.4, -0.2) is 28.8 Å². The lowest BCUT2D eigenvalue weighted by Crippen LogP contribution is -2.46. The Morgan fingerprint density at radius 2 is 1.88 bits per heavy atom. The fourth-order valence-electron chi connectivity index (χ4n) is 3.01. The van der Waals surface area contributed by atoms with Crippen LogP contribution in [0.15, 0.2) is 39.9 Å². The fourth-order valence-corrected chi connectivity index (χ4v) is 3.01. The third-order valence-electron chi connectivity index (χ3n) is 4.28. The maximum atomic E-state index is 12.3. The zero-order valence-electron chi connectivity index (χ0n) is 13.6. The van der Waals surface area contributed by atoms with Gasteiger partial charge in [0.15, 0.2) is 5.56 Å². The minimum absolute atomic E-state index is 0.0201. The van der Waals surface area contributed by atoms with E-state index in [9.17, 15) is 14.9 Å². The van der Waals surface area contributed by atoms with Gasteiger partial charge in [-0.25, -0.2) is 4.79 Å². The van der Waals surface area contributed by atoms with E-state index in [0.717, 1.165) is 10.1 Å². The van der Waals surface area contributed by atoms with Gasteiger partial charge in [-0.05, 0) is 5.56 Å². The van der Waals surface area contributed by atoms with Crippen molar-refractivity contribution in [3.63, 3.8) is 0 Å². The number of hydrogen-bond acceptors (Lipinski definition) is 5. The molecule has 1 aromatic heterocycles. The summed E-state index contributed by atoms with van der Waals surface area (Å²) in [7, 11) is 2.95. The molecule has 2 aromatic rings. The summed E-state index contributed by atoms with van der Waals surface area (Å²) in [6, 6.07) is 11.7. The molecule has 2 heterocycles. The van der Waals surface area contributed by atoms with E-state index in [-0.39, 0.29) is 11.7 Å². The van der Waals surface area contributed by atoms with Crippen molar-refractivity contribution >= 4 is 5.82 Å². The number of ether oxygens (including phenoxy) is 1. The van der Waals surface area contributed by atoms with E-state index in [1.165, 1.54) is 11.6 Å². The molecular weight excluding hydrogens is 308 g/mol. The SMILES string of the molecule is Cn1c(N2CCO[C@@H](c3ccccc3)C2)c(C#N)c(=O)n(C)c1=O. The summed E-state index contributed by atoms with van der Waals surface area (Å²) >= 11 is 0. The Bertz CT molecular complexity index is 908. The fraction of sp³-hybridized carbons (Fsp3) is 0.353. The first-order valence-electron chi connectivity index (χ1n) is 7.66. The van der Waals surface area contributed by atoms with Gasteiger partial charge in [0.25, 0.3) is 5.56 Å². The molecule has 0 unspecified atom stereocenters. The van der Waals surface area contributed by atoms with E-state index in [0.29, 0.717) is 25.5 Å². The summed E-state index contributed by atoms with van der Waals surface area (Å²) in [5.74, 6) is 0.356. The molecule has 1 aliphatic heterocycles. The second kappa shape index (κ2) is 6.34. The molecule has 0 aliphatic carbocycles. The number of anilines is 1. The molecule has 0 amide bonds. The smallest absolute Gasteiger partial charge is 0.332 e. The van der Waals surface area contributed by atoms with Crippen LogP contribution in [0.1, 0.15) is 17.2 Å². The average Bonchev–Trinajstić information content (AvgIpc) is 2.63. The molecule has 7 nitrogen and oxygen atoms in total. The van der Waals surface area contributed by atoms with Gasteiger partial charge in [0.2, 0.25) is 0 Å². The second-order valence-electron chi connectivity index (χ2n) is 5.73. The molecule has 1 aromatic carbocycles. The molecule has 1 saturated heterocycles. The average molecular weight is 326 g/mol. The Kier molecular flexibility index (Phi) is 4.23. The molecule has 0 spiro atoms. The van der Waals surface area contributed by atoms with E-state index in [4.69, 9.17) is 4.74 Å². The lowest BCUT2D eigenvalue weighted by molar-refractivity contribution is 0.0392. The van der Waals surface area contributed by atoms with Crippen LogP contribution in [0.5, 0.6) is 0 Å². The molecule has 24 heavy (non-hydrogen) atoms. The van der Waals surface area contributed by atoms with Gasteiger partial charge in [0.05, 0.1) is 6.61 Å². The van der Waals surface area contributed by atoms with E-state index in [2.05, 4.69) is 0 Å². The molecule has 7 heteroatoms. The topological polar surface area (TPSA) is 80.3 Å². The Morgan fingerprint density at radius 3 is 2.54 bits per heavy atom. The molecule has 1 atom stereocenters. The third-order valence-corrected chi connectivity index (χ3v) is 4.28. The summed E-state index contributed by atoms with van der Waals surface area (Å²) in [4.78, 5) is 26.4. The summed E-state index contributed by atoms with van der Waals surface area (Å²) < 4.78 is 8.13. The van der Waals surface area contributed by atoms with E-state index < -0.39 is 11.2 Å². The van der Waals surface area contributed by atoms with Gasteiger partial charge in [-0.15, -0.1) is 0 Å². The quantitative estimate of drug-likeness (QED) is 0.804. The summed E-state index contributed by atoms with van der Waals surface area (Å²) in [6.07, 6.45) is -0.175. The Hall–Kier alpha value is -2.85. The van der Waals surface area contributed by atoms with Crippen LogP contribution in [0, 0.1) is 11.3 Å². The number of nitrogens with zero attached hydrogens (tertiary/aromatic N) is 4. The Balaban J connectivity index is 2.05. The molecule has 1 fully saturated rings. The molecule has 0 saturated carbocycles. The predicted octanol–water partition coefficient (Wildman–Crippen LogP) is 0.534. The minimum Gasteiger partial charge on any atom is -0.370 e. The van der Waals surface area contributed by atoms with Gasteiger partial charge in [0.1, 0.15) is 18.0 Å². The highest BCUT2D eigenvalue weighted by Gasteiger charge is 2.27. The van der Waals surface area contributed by atoms with Crippen LogP contribution in [0.4, 0.5) is 5.82 Å². The van der Waals surface area contributed by atoms with Crippen LogP contribution < -0.4 is 16.1 Å². The van der Waals surface area contributed by atoms with Crippen molar-refractivity contribution in [2.75, 3.05) is 24.6 Å². The first-order chi connectivity index (χ1) is 11.5. The van der Waals surface area contributed by atoms with Crippen molar-refractivity contribution in [1.29, 1.82) is 5.26 Å². The van der Waals surface area contributed by atoms with Gasteiger partial charge >= 0.3 is 5.69 Å². The normalized spacial score (nSPS) is 17.5. The van der Waals surface area contributed by atoms with Gasteiger partial charge in [0, 0.05) is 27.2 Å². The van der Waals surface area contributed by atoms with Crippen molar-refractivity contribution in [2.45, 2.75) is 6.10 Å². The van der Waals surface area contributed by atoms with Gasteiger partial charge < -0.3 is 9.64 Å². The van der Waals surface area contributed by atoms with E-state index in [1.54, 1.807) is 7.05 Å². The summed E-state index contributed by atoms with van der Waals surface area (Å²) in [5.41, 5.74) is -0.0158. The molecule has 3 rings (SSSR count). The largest absolute Gasteiger partial charge is 0.370 e. The number of aromatic nitrogens is 2. The van der Waals surface area contributed by atoms with Crippen LogP contribution >= 0.6 is 0 Å². The van der Waals surface area contributed by atoms with Crippen LogP contribution in [-0.2, 0) is 18.8 Å². The lowest BCUT2D eigenvalue weighted by atomic mass is 10.1. The molecule has 0 bridgehead atoms. The molecular formula is C17H18N4O3. The van der Waals surface area contributed by atoms with Crippen molar-refractivity contribution in [2.24, 2.45) is 14.1 Å². The van der Waals surface area contributed by atoms with Crippen LogP contribution in [0.3, 0.4) is 0 Å². The van der Waals surface area contributed by atoms with E-state index >= 15 is 0 Å². The lowest BCUT2D eigenvalue weighted by Gasteiger charge is -2.35. The van der Waals surface area contributed by atoms with Crippen molar-refractivity contribution in [3.05, 3.63) is 62.3 Å². The van der Waals surface area contributed by atoms with Crippen molar-refractivity contribution < 1.29 is 4.74 Å². The number of nitriles is 1. The molecule has 0 radical (unpaired) electrons. The van der Waals surface area contributed by atoms with Gasteiger partial charge in [-0.2, -0.15) is 5.26 Å². The number of rotatable bonds is 2. The molecule has 124 valence electrons. The van der Waals surface area contributed by atoms with Crippen molar-refractivity contribution in [1.82, 2.24) is 9.13 Å². The maximum absolute atomic E-state index is 12.3. The monoisotopic (exact) mass is 326 g/mol. The van der Waals surface area contributed by atoms with Crippen LogP contribution in [0.25, 0.3) is 0 Å². The molecule has 0 N–H and O–H groups in total. The number of hydrogen-bond donors (Lipinski definition) is 0. The first kappa shape index (κ1) is 16.0. The summed E-state index contributed by atoms with van der Waals surface area (Å²) in [5, 5.41) is 9.42. The second-order valence-corrected chi connectivity index (χ2v) is 5.73. The first-order valence-corrected chi connectivity index (χ1v) is 7.66. The van der Waals surface area contributed by atoms with E-state index in [1.807, 2.05) is 41.3 Å². The highest BCUT2D eigenvalue weighted by Crippen LogP contribution is 2.26. The zero-order chi connectivity index (χ0) is 17.3. The predicted molar refractivity (Wildman–Crippen MR) is 89.0 cm³/mol. The maximum Gasteiger partial charge on any atom is 0.332 e. The third kappa shape index (κ3) is 2.61. The molecule has 1 aliphatic rings. The van der Waals surface area contributed by atoms with Gasteiger partial charge in [-0.1, -0.05) is 30.3 Å².